The Hall–Kier alpha value is -4.59. The van der Waals surface area contributed by atoms with E-state index in [0.717, 1.165) is 39.0 Å². The molecule has 2 amide bonds. The third kappa shape index (κ3) is 4.47. The largest absolute Gasteiger partial charge is 0.489 e. The van der Waals surface area contributed by atoms with Crippen molar-refractivity contribution < 1.29 is 14.1 Å². The van der Waals surface area contributed by atoms with Crippen LogP contribution in [-0.4, -0.2) is 21.4 Å². The summed E-state index contributed by atoms with van der Waals surface area (Å²) < 4.78 is 11.1. The van der Waals surface area contributed by atoms with E-state index in [4.69, 9.17) is 9.26 Å². The summed E-state index contributed by atoms with van der Waals surface area (Å²) in [6.45, 7) is 4.07. The van der Waals surface area contributed by atoms with Gasteiger partial charge in [-0.3, -0.25) is 10.4 Å². The highest BCUT2D eigenvalue weighted by Gasteiger charge is 2.13. The Morgan fingerprint density at radius 1 is 0.971 bits per heavy atom. The SMILES string of the molecule is Cc1noc(C)c1COc1ccc2[nH]nc(NC(=O)Nc3ccc(-c4ccccc4)cc3)c2c1. The summed E-state index contributed by atoms with van der Waals surface area (Å²) in [6.07, 6.45) is 0. The fourth-order valence-corrected chi connectivity index (χ4v) is 3.69. The summed E-state index contributed by atoms with van der Waals surface area (Å²) in [4.78, 5) is 12.6. The molecule has 0 radical (unpaired) electrons. The number of nitrogens with zero attached hydrogens (tertiary/aromatic N) is 2. The van der Waals surface area contributed by atoms with Gasteiger partial charge in [0.05, 0.1) is 16.8 Å². The van der Waals surface area contributed by atoms with Gasteiger partial charge in [-0.2, -0.15) is 5.10 Å². The highest BCUT2D eigenvalue weighted by Crippen LogP contribution is 2.27. The first kappa shape index (κ1) is 21.3. The van der Waals surface area contributed by atoms with Gasteiger partial charge in [0.25, 0.3) is 0 Å². The quantitative estimate of drug-likeness (QED) is 0.290. The molecule has 170 valence electrons. The van der Waals surface area contributed by atoms with Crippen LogP contribution in [0.15, 0.2) is 77.3 Å². The van der Waals surface area contributed by atoms with E-state index in [9.17, 15) is 4.79 Å². The van der Waals surface area contributed by atoms with Crippen LogP contribution >= 0.6 is 0 Å². The summed E-state index contributed by atoms with van der Waals surface area (Å²) in [7, 11) is 0. The second-order valence-electron chi connectivity index (χ2n) is 7.89. The van der Waals surface area contributed by atoms with Crippen molar-refractivity contribution in [2.45, 2.75) is 20.5 Å². The minimum absolute atomic E-state index is 0.340. The first-order chi connectivity index (χ1) is 16.6. The van der Waals surface area contributed by atoms with Gasteiger partial charge in [-0.25, -0.2) is 4.79 Å². The molecule has 0 fully saturated rings. The number of aryl methyl sites for hydroxylation is 2. The van der Waals surface area contributed by atoms with Crippen molar-refractivity contribution in [3.63, 3.8) is 0 Å². The number of H-pyrrole nitrogens is 1. The Morgan fingerprint density at radius 2 is 1.74 bits per heavy atom. The van der Waals surface area contributed by atoms with Crippen LogP contribution in [0.5, 0.6) is 5.75 Å². The smallest absolute Gasteiger partial charge is 0.324 e. The zero-order valence-electron chi connectivity index (χ0n) is 18.8. The maximum atomic E-state index is 12.6. The summed E-state index contributed by atoms with van der Waals surface area (Å²) in [5, 5.41) is 17.5. The van der Waals surface area contributed by atoms with Gasteiger partial charge in [0.2, 0.25) is 0 Å². The van der Waals surface area contributed by atoms with Crippen molar-refractivity contribution in [2.75, 3.05) is 10.6 Å². The van der Waals surface area contributed by atoms with E-state index >= 15 is 0 Å². The minimum Gasteiger partial charge on any atom is -0.489 e. The maximum absolute atomic E-state index is 12.6. The van der Waals surface area contributed by atoms with Crippen LogP contribution < -0.4 is 15.4 Å². The highest BCUT2D eigenvalue weighted by molar-refractivity contribution is 6.04. The first-order valence-electron chi connectivity index (χ1n) is 10.8. The van der Waals surface area contributed by atoms with Crippen LogP contribution in [0.25, 0.3) is 22.0 Å². The molecule has 3 N–H and O–H groups in total. The van der Waals surface area contributed by atoms with Crippen molar-refractivity contribution in [3.8, 4) is 16.9 Å². The Labute approximate surface area is 195 Å². The summed E-state index contributed by atoms with van der Waals surface area (Å²) in [5.41, 5.74) is 5.39. The molecule has 3 aromatic carbocycles. The lowest BCUT2D eigenvalue weighted by Crippen LogP contribution is -2.19. The van der Waals surface area contributed by atoms with E-state index in [0.29, 0.717) is 23.9 Å². The standard InChI is InChI=1S/C26H23N5O3/c1-16-23(17(2)34-31-16)15-33-21-12-13-24-22(14-21)25(30-29-24)28-26(32)27-20-10-8-19(9-11-20)18-6-4-3-5-7-18/h3-14H,15H2,1-2H3,(H3,27,28,29,30,32). The molecule has 5 aromatic rings. The van der Waals surface area contributed by atoms with Gasteiger partial charge in [-0.15, -0.1) is 0 Å². The summed E-state index contributed by atoms with van der Waals surface area (Å²) in [5.74, 6) is 1.79. The van der Waals surface area contributed by atoms with E-state index in [2.05, 4.69) is 26.0 Å². The fraction of sp³-hybridized carbons (Fsp3) is 0.115. The third-order valence-corrected chi connectivity index (χ3v) is 5.58. The number of aromatic nitrogens is 3. The number of urea groups is 1. The highest BCUT2D eigenvalue weighted by atomic mass is 16.5. The number of anilines is 2. The average molecular weight is 454 g/mol. The van der Waals surface area contributed by atoms with Crippen molar-refractivity contribution >= 4 is 28.4 Å². The normalized spacial score (nSPS) is 10.9. The van der Waals surface area contributed by atoms with E-state index in [-0.39, 0.29) is 6.03 Å². The van der Waals surface area contributed by atoms with Gasteiger partial charge in [0, 0.05) is 11.1 Å². The number of benzene rings is 3. The molecule has 5 rings (SSSR count). The summed E-state index contributed by atoms with van der Waals surface area (Å²) >= 11 is 0. The van der Waals surface area contributed by atoms with Crippen molar-refractivity contribution in [3.05, 3.63) is 89.8 Å². The van der Waals surface area contributed by atoms with E-state index in [1.54, 1.807) is 0 Å². The number of hydrogen-bond donors (Lipinski definition) is 3. The topological polar surface area (TPSA) is 105 Å². The molecule has 0 bridgehead atoms. The number of carbonyl (C=O) groups is 1. The van der Waals surface area contributed by atoms with Crippen LogP contribution in [0.2, 0.25) is 0 Å². The molecule has 0 aliphatic carbocycles. The number of fused-ring (bicyclic) bond motifs is 1. The molecule has 0 aliphatic rings. The van der Waals surface area contributed by atoms with E-state index in [1.807, 2.05) is 86.6 Å². The molecular weight excluding hydrogens is 430 g/mol. The molecule has 0 saturated heterocycles. The van der Waals surface area contributed by atoms with Crippen molar-refractivity contribution in [2.24, 2.45) is 0 Å². The van der Waals surface area contributed by atoms with Gasteiger partial charge in [0.15, 0.2) is 5.82 Å². The molecule has 0 spiro atoms. The molecule has 0 aliphatic heterocycles. The fourth-order valence-electron chi connectivity index (χ4n) is 3.69. The third-order valence-electron chi connectivity index (χ3n) is 5.58. The monoisotopic (exact) mass is 453 g/mol. The van der Waals surface area contributed by atoms with Crippen LogP contribution in [0.4, 0.5) is 16.3 Å². The zero-order valence-corrected chi connectivity index (χ0v) is 18.8. The maximum Gasteiger partial charge on any atom is 0.324 e. The number of aromatic amines is 1. The Bertz CT molecular complexity index is 1420. The second-order valence-corrected chi connectivity index (χ2v) is 7.89. The first-order valence-corrected chi connectivity index (χ1v) is 10.8. The van der Waals surface area contributed by atoms with Crippen LogP contribution in [0.1, 0.15) is 17.0 Å². The van der Waals surface area contributed by atoms with Crippen LogP contribution in [0.3, 0.4) is 0 Å². The van der Waals surface area contributed by atoms with Gasteiger partial charge in [-0.05, 0) is 55.3 Å². The van der Waals surface area contributed by atoms with Crippen LogP contribution in [-0.2, 0) is 6.61 Å². The van der Waals surface area contributed by atoms with Gasteiger partial charge in [-0.1, -0.05) is 47.6 Å². The Kier molecular flexibility index (Phi) is 5.70. The molecule has 0 saturated carbocycles. The molecular formula is C26H23N5O3. The van der Waals surface area contributed by atoms with Gasteiger partial charge >= 0.3 is 6.03 Å². The molecule has 8 nitrogen and oxygen atoms in total. The van der Waals surface area contributed by atoms with Crippen LogP contribution in [0, 0.1) is 13.8 Å². The van der Waals surface area contributed by atoms with Crippen molar-refractivity contribution in [1.82, 2.24) is 15.4 Å². The van der Waals surface area contributed by atoms with E-state index in [1.165, 1.54) is 0 Å². The molecule has 2 aromatic heterocycles. The zero-order chi connectivity index (χ0) is 23.5. The number of carbonyl (C=O) groups excluding carboxylic acids is 1. The molecule has 2 heterocycles. The van der Waals surface area contributed by atoms with Crippen molar-refractivity contribution in [1.29, 1.82) is 0 Å². The number of ether oxygens (including phenoxy) is 1. The molecule has 0 unspecified atom stereocenters. The Balaban J connectivity index is 1.26. The number of hydrogen-bond acceptors (Lipinski definition) is 5. The average Bonchev–Trinajstić information content (AvgIpc) is 3.40. The lowest BCUT2D eigenvalue weighted by atomic mass is 10.1. The van der Waals surface area contributed by atoms with E-state index < -0.39 is 0 Å². The Morgan fingerprint density at radius 3 is 2.47 bits per heavy atom. The number of rotatable bonds is 6. The number of nitrogens with one attached hydrogen (secondary N) is 3. The lowest BCUT2D eigenvalue weighted by Gasteiger charge is -2.08. The molecule has 34 heavy (non-hydrogen) atoms. The number of amides is 2. The lowest BCUT2D eigenvalue weighted by molar-refractivity contribution is 0.262. The van der Waals surface area contributed by atoms with Gasteiger partial charge < -0.3 is 14.6 Å². The predicted molar refractivity (Wildman–Crippen MR) is 131 cm³/mol. The molecule has 8 heteroatoms. The molecule has 0 atom stereocenters. The summed E-state index contributed by atoms with van der Waals surface area (Å²) in [6, 6.07) is 22.9. The minimum atomic E-state index is -0.386. The second kappa shape index (κ2) is 9.11. The predicted octanol–water partition coefficient (Wildman–Crippen LogP) is 6.06. The van der Waals surface area contributed by atoms with Gasteiger partial charge in [0.1, 0.15) is 18.1 Å².